The van der Waals surface area contributed by atoms with Gasteiger partial charge >= 0.3 is 0 Å². The Kier molecular flexibility index (Phi) is 2.55. The Labute approximate surface area is 91.0 Å². The number of rotatable bonds is 2. The molecule has 2 rings (SSSR count). The number of thiazole rings is 1. The van der Waals surface area contributed by atoms with E-state index in [0.717, 1.165) is 9.88 Å². The SMILES string of the molecule is CC(=O)c1nc(C)sc1-c1ncccn1. The first-order valence-corrected chi connectivity index (χ1v) is 5.26. The number of hydrogen-bond acceptors (Lipinski definition) is 5. The minimum atomic E-state index is -0.0539. The number of Topliss-reactive ketones (excluding diaryl/α,β-unsaturated/α-hetero) is 1. The minimum absolute atomic E-state index is 0.0539. The van der Waals surface area contributed by atoms with Crippen LogP contribution in [0.2, 0.25) is 0 Å². The van der Waals surface area contributed by atoms with Gasteiger partial charge in [0.2, 0.25) is 0 Å². The zero-order chi connectivity index (χ0) is 10.8. The van der Waals surface area contributed by atoms with E-state index in [9.17, 15) is 4.79 Å². The molecule has 0 N–H and O–H groups in total. The molecule has 0 aliphatic heterocycles. The largest absolute Gasteiger partial charge is 0.293 e. The number of ketones is 1. The number of carbonyl (C=O) groups excluding carboxylic acids is 1. The molecule has 4 nitrogen and oxygen atoms in total. The van der Waals surface area contributed by atoms with E-state index in [1.165, 1.54) is 18.3 Å². The van der Waals surface area contributed by atoms with Crippen molar-refractivity contribution in [2.45, 2.75) is 13.8 Å². The monoisotopic (exact) mass is 219 g/mol. The Morgan fingerprint density at radius 2 is 2.00 bits per heavy atom. The first-order chi connectivity index (χ1) is 7.18. The summed E-state index contributed by atoms with van der Waals surface area (Å²) in [6.45, 7) is 3.37. The van der Waals surface area contributed by atoms with Crippen molar-refractivity contribution in [3.8, 4) is 10.7 Å². The van der Waals surface area contributed by atoms with Crippen LogP contribution < -0.4 is 0 Å². The molecular formula is C10H9N3OS. The van der Waals surface area contributed by atoms with Gasteiger partial charge in [-0.3, -0.25) is 4.79 Å². The van der Waals surface area contributed by atoms with Crippen molar-refractivity contribution in [3.05, 3.63) is 29.2 Å². The van der Waals surface area contributed by atoms with E-state index in [2.05, 4.69) is 15.0 Å². The summed E-state index contributed by atoms with van der Waals surface area (Å²) in [5.74, 6) is 0.509. The molecule has 0 spiro atoms. The van der Waals surface area contributed by atoms with E-state index < -0.39 is 0 Å². The second-order valence-electron chi connectivity index (χ2n) is 3.04. The maximum absolute atomic E-state index is 11.3. The third kappa shape index (κ3) is 1.92. The predicted molar refractivity (Wildman–Crippen MR) is 57.9 cm³/mol. The zero-order valence-electron chi connectivity index (χ0n) is 8.39. The molecule has 0 saturated carbocycles. The van der Waals surface area contributed by atoms with Crippen LogP contribution in [0.15, 0.2) is 18.5 Å². The van der Waals surface area contributed by atoms with E-state index in [-0.39, 0.29) is 5.78 Å². The van der Waals surface area contributed by atoms with Crippen molar-refractivity contribution >= 4 is 17.1 Å². The normalized spacial score (nSPS) is 10.3. The highest BCUT2D eigenvalue weighted by molar-refractivity contribution is 7.15. The van der Waals surface area contributed by atoms with Gasteiger partial charge in [-0.15, -0.1) is 11.3 Å². The van der Waals surface area contributed by atoms with Gasteiger partial charge in [0, 0.05) is 19.3 Å². The summed E-state index contributed by atoms with van der Waals surface area (Å²) < 4.78 is 0. The molecule has 15 heavy (non-hydrogen) atoms. The van der Waals surface area contributed by atoms with Gasteiger partial charge in [0.05, 0.1) is 5.01 Å². The highest BCUT2D eigenvalue weighted by Crippen LogP contribution is 2.27. The lowest BCUT2D eigenvalue weighted by Crippen LogP contribution is -1.96. The Bertz CT molecular complexity index is 493. The fourth-order valence-electron chi connectivity index (χ4n) is 1.23. The van der Waals surface area contributed by atoms with Gasteiger partial charge in [-0.1, -0.05) is 0 Å². The first kappa shape index (κ1) is 9.92. The molecule has 0 saturated heterocycles. The van der Waals surface area contributed by atoms with E-state index in [1.54, 1.807) is 18.5 Å². The van der Waals surface area contributed by atoms with Crippen LogP contribution in [0.5, 0.6) is 0 Å². The molecule has 0 aliphatic rings. The molecule has 2 heterocycles. The maximum atomic E-state index is 11.3. The lowest BCUT2D eigenvalue weighted by molar-refractivity contribution is 0.101. The summed E-state index contributed by atoms with van der Waals surface area (Å²) in [6.07, 6.45) is 3.31. The minimum Gasteiger partial charge on any atom is -0.293 e. The highest BCUT2D eigenvalue weighted by atomic mass is 32.1. The van der Waals surface area contributed by atoms with Gasteiger partial charge in [0.15, 0.2) is 11.6 Å². The van der Waals surface area contributed by atoms with E-state index in [1.807, 2.05) is 6.92 Å². The third-order valence-electron chi connectivity index (χ3n) is 1.84. The summed E-state index contributed by atoms with van der Waals surface area (Å²) in [6, 6.07) is 1.74. The Hall–Kier alpha value is -1.62. The molecular weight excluding hydrogens is 210 g/mol. The lowest BCUT2D eigenvalue weighted by atomic mass is 10.2. The summed E-state index contributed by atoms with van der Waals surface area (Å²) in [7, 11) is 0. The van der Waals surface area contributed by atoms with Gasteiger partial charge in [0.25, 0.3) is 0 Å². The van der Waals surface area contributed by atoms with Gasteiger partial charge in [0.1, 0.15) is 10.6 Å². The molecule has 0 aliphatic carbocycles. The fourth-order valence-corrected chi connectivity index (χ4v) is 2.15. The van der Waals surface area contributed by atoms with Crippen molar-refractivity contribution in [2.24, 2.45) is 0 Å². The predicted octanol–water partition coefficient (Wildman–Crippen LogP) is 2.11. The van der Waals surface area contributed by atoms with Crippen molar-refractivity contribution in [3.63, 3.8) is 0 Å². The topological polar surface area (TPSA) is 55.7 Å². The van der Waals surface area contributed by atoms with Crippen LogP contribution in [-0.4, -0.2) is 20.7 Å². The summed E-state index contributed by atoms with van der Waals surface area (Å²) in [5.41, 5.74) is 0.462. The third-order valence-corrected chi connectivity index (χ3v) is 2.80. The highest BCUT2D eigenvalue weighted by Gasteiger charge is 2.16. The maximum Gasteiger partial charge on any atom is 0.179 e. The molecule has 0 radical (unpaired) electrons. The molecule has 0 fully saturated rings. The smallest absolute Gasteiger partial charge is 0.179 e. The van der Waals surface area contributed by atoms with Crippen molar-refractivity contribution in [1.82, 2.24) is 15.0 Å². The van der Waals surface area contributed by atoms with E-state index in [4.69, 9.17) is 0 Å². The van der Waals surface area contributed by atoms with Crippen LogP contribution in [0.25, 0.3) is 10.7 Å². The van der Waals surface area contributed by atoms with Gasteiger partial charge in [-0.25, -0.2) is 15.0 Å². The van der Waals surface area contributed by atoms with E-state index in [0.29, 0.717) is 11.5 Å². The summed E-state index contributed by atoms with van der Waals surface area (Å²) in [5, 5.41) is 0.850. The molecule has 76 valence electrons. The van der Waals surface area contributed by atoms with Crippen LogP contribution in [0, 0.1) is 6.92 Å². The number of aromatic nitrogens is 3. The Morgan fingerprint density at radius 1 is 1.33 bits per heavy atom. The second kappa shape index (κ2) is 3.86. The molecule has 0 aromatic carbocycles. The van der Waals surface area contributed by atoms with Crippen LogP contribution >= 0.6 is 11.3 Å². The fraction of sp³-hybridized carbons (Fsp3) is 0.200. The summed E-state index contributed by atoms with van der Waals surface area (Å²) >= 11 is 1.44. The van der Waals surface area contributed by atoms with Crippen molar-refractivity contribution in [1.29, 1.82) is 0 Å². The molecule has 5 heteroatoms. The van der Waals surface area contributed by atoms with Crippen molar-refractivity contribution < 1.29 is 4.79 Å². The Balaban J connectivity index is 2.58. The molecule has 0 unspecified atom stereocenters. The number of hydrogen-bond donors (Lipinski definition) is 0. The number of nitrogens with zero attached hydrogens (tertiary/aromatic N) is 3. The zero-order valence-corrected chi connectivity index (χ0v) is 9.21. The average molecular weight is 219 g/mol. The number of aryl methyl sites for hydroxylation is 1. The average Bonchev–Trinajstić information content (AvgIpc) is 2.62. The van der Waals surface area contributed by atoms with Gasteiger partial charge < -0.3 is 0 Å². The lowest BCUT2D eigenvalue weighted by Gasteiger charge is -1.95. The van der Waals surface area contributed by atoms with Crippen LogP contribution in [0.4, 0.5) is 0 Å². The molecule has 0 amide bonds. The van der Waals surface area contributed by atoms with Crippen LogP contribution in [-0.2, 0) is 0 Å². The molecule has 2 aromatic rings. The molecule has 2 aromatic heterocycles. The summed E-state index contributed by atoms with van der Waals surface area (Å²) in [4.78, 5) is 24.5. The van der Waals surface area contributed by atoms with Crippen LogP contribution in [0.3, 0.4) is 0 Å². The van der Waals surface area contributed by atoms with Crippen molar-refractivity contribution in [2.75, 3.05) is 0 Å². The Morgan fingerprint density at radius 3 is 2.60 bits per heavy atom. The van der Waals surface area contributed by atoms with Crippen LogP contribution in [0.1, 0.15) is 22.4 Å². The van der Waals surface area contributed by atoms with Gasteiger partial charge in [-0.2, -0.15) is 0 Å². The molecule has 0 atom stereocenters. The quantitative estimate of drug-likeness (QED) is 0.726. The standard InChI is InChI=1S/C10H9N3OS/c1-6(14)8-9(15-7(2)13-8)10-11-4-3-5-12-10/h3-5H,1-2H3. The number of carbonyl (C=O) groups is 1. The van der Waals surface area contributed by atoms with E-state index >= 15 is 0 Å². The second-order valence-corrected chi connectivity index (χ2v) is 4.24. The molecule has 0 bridgehead atoms. The van der Waals surface area contributed by atoms with Gasteiger partial charge in [-0.05, 0) is 13.0 Å². The first-order valence-electron chi connectivity index (χ1n) is 4.44.